The number of carboxylic acid groups (broad SMARTS) is 2. The zero-order chi connectivity index (χ0) is 10.9. The minimum absolute atomic E-state index is 0.147. The molecule has 0 aliphatic carbocycles. The number of aliphatic carboxylic acids is 2. The summed E-state index contributed by atoms with van der Waals surface area (Å²) in [6.07, 6.45) is -0.147. The van der Waals surface area contributed by atoms with Crippen LogP contribution in [-0.2, 0) is 9.59 Å². The lowest BCUT2D eigenvalue weighted by atomic mass is 9.66. The lowest BCUT2D eigenvalue weighted by Crippen LogP contribution is -2.40. The highest BCUT2D eigenvalue weighted by Gasteiger charge is 2.44. The van der Waals surface area contributed by atoms with E-state index in [0.29, 0.717) is 0 Å². The lowest BCUT2D eigenvalue weighted by molar-refractivity contribution is -0.156. The van der Waals surface area contributed by atoms with Gasteiger partial charge in [0.2, 0.25) is 0 Å². The Labute approximate surface area is 77.6 Å². The second-order valence-electron chi connectivity index (χ2n) is 4.38. The van der Waals surface area contributed by atoms with E-state index < -0.39 is 22.8 Å². The van der Waals surface area contributed by atoms with Crippen LogP contribution in [0.25, 0.3) is 0 Å². The summed E-state index contributed by atoms with van der Waals surface area (Å²) in [5, 5.41) is 17.5. The second kappa shape index (κ2) is 3.36. The van der Waals surface area contributed by atoms with Crippen LogP contribution in [0.2, 0.25) is 0 Å². The van der Waals surface area contributed by atoms with Gasteiger partial charge in [0.15, 0.2) is 0 Å². The van der Waals surface area contributed by atoms with Gasteiger partial charge in [0, 0.05) is 0 Å². The van der Waals surface area contributed by atoms with Gasteiger partial charge in [-0.25, -0.2) is 0 Å². The van der Waals surface area contributed by atoms with Crippen LogP contribution in [0.15, 0.2) is 0 Å². The van der Waals surface area contributed by atoms with Crippen LogP contribution >= 0.6 is 0 Å². The molecule has 4 nitrogen and oxygen atoms in total. The molecule has 0 saturated carbocycles. The molecular formula is C9H16O4. The maximum Gasteiger partial charge on any atom is 0.309 e. The van der Waals surface area contributed by atoms with Gasteiger partial charge in [-0.3, -0.25) is 9.59 Å². The molecule has 0 bridgehead atoms. The summed E-state index contributed by atoms with van der Waals surface area (Å²) in [6.45, 7) is 6.38. The van der Waals surface area contributed by atoms with Gasteiger partial charge in [-0.2, -0.15) is 0 Å². The Hall–Kier alpha value is -1.06. The first-order valence-electron chi connectivity index (χ1n) is 4.06. The fourth-order valence-corrected chi connectivity index (χ4v) is 0.889. The molecule has 4 heteroatoms. The van der Waals surface area contributed by atoms with E-state index in [4.69, 9.17) is 10.2 Å². The molecule has 0 aliphatic heterocycles. The predicted octanol–water partition coefficient (Wildman–Crippen LogP) is 1.60. The molecule has 0 fully saturated rings. The molecular weight excluding hydrogens is 172 g/mol. The first-order chi connectivity index (χ1) is 5.61. The molecule has 0 heterocycles. The molecule has 0 aromatic carbocycles. The van der Waals surface area contributed by atoms with Gasteiger partial charge in [-0.15, -0.1) is 0 Å². The van der Waals surface area contributed by atoms with Crippen molar-refractivity contribution in [3.8, 4) is 0 Å². The van der Waals surface area contributed by atoms with Crippen molar-refractivity contribution < 1.29 is 19.8 Å². The molecule has 0 aromatic rings. The Morgan fingerprint density at radius 2 is 1.46 bits per heavy atom. The van der Waals surface area contributed by atoms with Gasteiger partial charge >= 0.3 is 11.9 Å². The SMILES string of the molecule is CC(C)(CC(=O)O)C(C)(C)C(=O)O. The van der Waals surface area contributed by atoms with Crippen molar-refractivity contribution in [2.45, 2.75) is 34.1 Å². The average molecular weight is 188 g/mol. The minimum Gasteiger partial charge on any atom is -0.481 e. The summed E-state index contributed by atoms with van der Waals surface area (Å²) in [5.41, 5.74) is -1.80. The average Bonchev–Trinajstić information content (AvgIpc) is 1.83. The topological polar surface area (TPSA) is 74.6 Å². The Balaban J connectivity index is 4.80. The Bertz CT molecular complexity index is 228. The van der Waals surface area contributed by atoms with Gasteiger partial charge in [-0.05, 0) is 19.3 Å². The van der Waals surface area contributed by atoms with E-state index in [1.54, 1.807) is 13.8 Å². The summed E-state index contributed by atoms with van der Waals surface area (Å²) < 4.78 is 0. The fourth-order valence-electron chi connectivity index (χ4n) is 0.889. The molecule has 0 aliphatic rings. The third-order valence-corrected chi connectivity index (χ3v) is 2.82. The van der Waals surface area contributed by atoms with Crippen LogP contribution in [-0.4, -0.2) is 22.2 Å². The van der Waals surface area contributed by atoms with Crippen molar-refractivity contribution >= 4 is 11.9 Å². The highest BCUT2D eigenvalue weighted by Crippen LogP contribution is 2.41. The van der Waals surface area contributed by atoms with Crippen molar-refractivity contribution in [1.29, 1.82) is 0 Å². The monoisotopic (exact) mass is 188 g/mol. The van der Waals surface area contributed by atoms with Gasteiger partial charge in [0.1, 0.15) is 0 Å². The van der Waals surface area contributed by atoms with E-state index in [0.717, 1.165) is 0 Å². The summed E-state index contributed by atoms with van der Waals surface area (Å²) in [7, 11) is 0. The van der Waals surface area contributed by atoms with Crippen molar-refractivity contribution in [3.05, 3.63) is 0 Å². The number of carbonyl (C=O) groups is 2. The normalized spacial score (nSPS) is 12.6. The summed E-state index contributed by atoms with van der Waals surface area (Å²) in [5.74, 6) is -1.95. The van der Waals surface area contributed by atoms with E-state index in [2.05, 4.69) is 0 Å². The van der Waals surface area contributed by atoms with E-state index >= 15 is 0 Å². The number of hydrogen-bond acceptors (Lipinski definition) is 2. The largest absolute Gasteiger partial charge is 0.481 e. The maximum absolute atomic E-state index is 10.9. The van der Waals surface area contributed by atoms with Gasteiger partial charge in [0.25, 0.3) is 0 Å². The Morgan fingerprint density at radius 3 is 1.69 bits per heavy atom. The second-order valence-corrected chi connectivity index (χ2v) is 4.38. The van der Waals surface area contributed by atoms with Crippen LogP contribution in [0, 0.1) is 10.8 Å². The number of carboxylic acids is 2. The molecule has 0 atom stereocenters. The van der Waals surface area contributed by atoms with Crippen LogP contribution in [0.3, 0.4) is 0 Å². The van der Waals surface area contributed by atoms with E-state index in [-0.39, 0.29) is 6.42 Å². The standard InChI is InChI=1S/C9H16O4/c1-8(2,5-6(10)11)9(3,4)7(12)13/h5H2,1-4H3,(H,10,11)(H,12,13). The molecule has 0 unspecified atom stereocenters. The van der Waals surface area contributed by atoms with E-state index in [9.17, 15) is 9.59 Å². The summed E-state index contributed by atoms with van der Waals surface area (Å²) in [6, 6.07) is 0. The molecule has 2 N–H and O–H groups in total. The summed E-state index contributed by atoms with van der Waals surface area (Å²) in [4.78, 5) is 21.3. The highest BCUT2D eigenvalue weighted by atomic mass is 16.4. The molecule has 0 rings (SSSR count). The zero-order valence-electron chi connectivity index (χ0n) is 8.42. The van der Waals surface area contributed by atoms with Gasteiger partial charge in [-0.1, -0.05) is 13.8 Å². The van der Waals surface area contributed by atoms with Crippen LogP contribution in [0.1, 0.15) is 34.1 Å². The fraction of sp³-hybridized carbons (Fsp3) is 0.778. The van der Waals surface area contributed by atoms with Crippen molar-refractivity contribution in [1.82, 2.24) is 0 Å². The predicted molar refractivity (Wildman–Crippen MR) is 47.5 cm³/mol. The highest BCUT2D eigenvalue weighted by molar-refractivity contribution is 5.76. The van der Waals surface area contributed by atoms with E-state index in [1.165, 1.54) is 13.8 Å². The van der Waals surface area contributed by atoms with Crippen LogP contribution in [0.5, 0.6) is 0 Å². The molecule has 0 amide bonds. The third-order valence-electron chi connectivity index (χ3n) is 2.82. The minimum atomic E-state index is -1.04. The molecule has 0 radical (unpaired) electrons. The van der Waals surface area contributed by atoms with Crippen molar-refractivity contribution in [2.75, 3.05) is 0 Å². The molecule has 0 spiro atoms. The van der Waals surface area contributed by atoms with Gasteiger partial charge in [0.05, 0.1) is 11.8 Å². The van der Waals surface area contributed by atoms with E-state index in [1.807, 2.05) is 0 Å². The zero-order valence-corrected chi connectivity index (χ0v) is 8.42. The lowest BCUT2D eigenvalue weighted by Gasteiger charge is -2.36. The summed E-state index contributed by atoms with van der Waals surface area (Å²) >= 11 is 0. The first kappa shape index (κ1) is 11.9. The smallest absolute Gasteiger partial charge is 0.309 e. The number of hydrogen-bond donors (Lipinski definition) is 2. The quantitative estimate of drug-likeness (QED) is 0.702. The maximum atomic E-state index is 10.9. The van der Waals surface area contributed by atoms with Crippen LogP contribution < -0.4 is 0 Å². The van der Waals surface area contributed by atoms with Crippen LogP contribution in [0.4, 0.5) is 0 Å². The molecule has 76 valence electrons. The van der Waals surface area contributed by atoms with Gasteiger partial charge < -0.3 is 10.2 Å². The van der Waals surface area contributed by atoms with Crippen molar-refractivity contribution in [2.24, 2.45) is 10.8 Å². The molecule has 13 heavy (non-hydrogen) atoms. The molecule has 0 aromatic heterocycles. The first-order valence-corrected chi connectivity index (χ1v) is 4.06. The Kier molecular flexibility index (Phi) is 3.08. The third kappa shape index (κ3) is 2.44. The number of rotatable bonds is 4. The molecule has 0 saturated heterocycles. The van der Waals surface area contributed by atoms with Crippen molar-refractivity contribution in [3.63, 3.8) is 0 Å². The Morgan fingerprint density at radius 1 is 1.08 bits per heavy atom.